The SMILES string of the molecule is CCOC(=O)C1=C(C)N=c2s/c(=C/c3cc(I)c(OCc4ccc([N+](=O)[O-])cc4)c(I)c3)c(=O)n2[C@@H]1c1ccc(C)cc1. The van der Waals surface area contributed by atoms with Gasteiger partial charge in [0.25, 0.3) is 11.2 Å². The Balaban J connectivity index is 1.51. The summed E-state index contributed by atoms with van der Waals surface area (Å²) in [5.41, 5.74) is 4.15. The minimum absolute atomic E-state index is 0.0278. The fourth-order valence-corrected chi connectivity index (χ4v) is 7.85. The van der Waals surface area contributed by atoms with Crippen molar-refractivity contribution >= 4 is 74.3 Å². The first-order valence-corrected chi connectivity index (χ1v) is 16.2. The molecule has 5 rings (SSSR count). The topological polar surface area (TPSA) is 113 Å². The molecule has 43 heavy (non-hydrogen) atoms. The molecule has 0 saturated carbocycles. The molecule has 2 heterocycles. The Labute approximate surface area is 278 Å². The number of aryl methyl sites for hydroxylation is 1. The maximum atomic E-state index is 13.9. The molecule has 0 saturated heterocycles. The Bertz CT molecular complexity index is 1920. The van der Waals surface area contributed by atoms with E-state index in [-0.39, 0.29) is 24.5 Å². The summed E-state index contributed by atoms with van der Waals surface area (Å²) in [5, 5.41) is 10.9. The van der Waals surface area contributed by atoms with Crippen molar-refractivity contribution in [2.45, 2.75) is 33.4 Å². The van der Waals surface area contributed by atoms with Crippen LogP contribution < -0.4 is 19.6 Å². The number of aromatic nitrogens is 1. The van der Waals surface area contributed by atoms with Crippen molar-refractivity contribution in [3.05, 3.63) is 131 Å². The van der Waals surface area contributed by atoms with Crippen LogP contribution in [-0.4, -0.2) is 22.1 Å². The summed E-state index contributed by atoms with van der Waals surface area (Å²) >= 11 is 5.66. The maximum Gasteiger partial charge on any atom is 0.338 e. The van der Waals surface area contributed by atoms with Crippen molar-refractivity contribution in [1.29, 1.82) is 0 Å². The van der Waals surface area contributed by atoms with E-state index in [2.05, 4.69) is 50.2 Å². The van der Waals surface area contributed by atoms with E-state index in [9.17, 15) is 19.7 Å². The Morgan fingerprint density at radius 1 is 1.09 bits per heavy atom. The minimum atomic E-state index is -0.659. The van der Waals surface area contributed by atoms with Gasteiger partial charge in [-0.1, -0.05) is 41.2 Å². The molecule has 9 nitrogen and oxygen atoms in total. The predicted molar refractivity (Wildman–Crippen MR) is 181 cm³/mol. The van der Waals surface area contributed by atoms with Gasteiger partial charge in [0, 0.05) is 12.1 Å². The molecule has 0 spiro atoms. The number of hydrogen-bond acceptors (Lipinski definition) is 8. The van der Waals surface area contributed by atoms with Gasteiger partial charge < -0.3 is 9.47 Å². The van der Waals surface area contributed by atoms with Crippen LogP contribution in [0.4, 0.5) is 5.69 Å². The standard InChI is InChI=1S/C31H25I2N3O6S/c1-4-41-30(38)26-18(3)34-31-35(27(26)21-9-5-17(2)6-10-21)29(37)25(43-31)15-20-13-23(32)28(24(33)14-20)42-16-19-7-11-22(12-8-19)36(39)40/h5-15,27H,4,16H2,1-3H3/b25-15+/t27-/m1/s1. The highest BCUT2D eigenvalue weighted by atomic mass is 127. The molecule has 1 aliphatic heterocycles. The van der Waals surface area contributed by atoms with Gasteiger partial charge in [-0.2, -0.15) is 0 Å². The van der Waals surface area contributed by atoms with Gasteiger partial charge in [-0.05, 0) is 113 Å². The van der Waals surface area contributed by atoms with Gasteiger partial charge >= 0.3 is 5.97 Å². The molecule has 0 N–H and O–H groups in total. The molecule has 220 valence electrons. The van der Waals surface area contributed by atoms with Gasteiger partial charge in [-0.15, -0.1) is 0 Å². The van der Waals surface area contributed by atoms with Crippen LogP contribution in [0.15, 0.2) is 81.7 Å². The van der Waals surface area contributed by atoms with E-state index in [1.807, 2.05) is 49.4 Å². The Hall–Kier alpha value is -3.37. The zero-order valence-corrected chi connectivity index (χ0v) is 28.4. The van der Waals surface area contributed by atoms with Crippen molar-refractivity contribution < 1.29 is 19.2 Å². The maximum absolute atomic E-state index is 13.9. The van der Waals surface area contributed by atoms with Crippen molar-refractivity contribution in [3.63, 3.8) is 0 Å². The number of hydrogen-bond donors (Lipinski definition) is 0. The Kier molecular flexibility index (Phi) is 9.46. The molecule has 3 aromatic carbocycles. The third-order valence-corrected chi connectivity index (χ3v) is 9.34. The predicted octanol–water partition coefficient (Wildman–Crippen LogP) is 5.80. The van der Waals surface area contributed by atoms with E-state index < -0.39 is 16.9 Å². The first-order valence-electron chi connectivity index (χ1n) is 13.2. The zero-order chi connectivity index (χ0) is 30.8. The first-order chi connectivity index (χ1) is 20.6. The molecule has 4 aromatic rings. The summed E-state index contributed by atoms with van der Waals surface area (Å²) < 4.78 is 15.2. The molecule has 1 aliphatic rings. The van der Waals surface area contributed by atoms with Gasteiger partial charge in [0.2, 0.25) is 0 Å². The van der Waals surface area contributed by atoms with E-state index in [1.165, 1.54) is 23.5 Å². The van der Waals surface area contributed by atoms with E-state index in [0.29, 0.717) is 26.4 Å². The Morgan fingerprint density at radius 2 is 1.74 bits per heavy atom. The number of rotatable bonds is 8. The summed E-state index contributed by atoms with van der Waals surface area (Å²) in [5.74, 6) is 0.198. The fraction of sp³-hybridized carbons (Fsp3) is 0.194. The van der Waals surface area contributed by atoms with Crippen molar-refractivity contribution in [2.24, 2.45) is 4.99 Å². The molecule has 1 aromatic heterocycles. The van der Waals surface area contributed by atoms with E-state index in [1.54, 1.807) is 30.5 Å². The van der Waals surface area contributed by atoms with Gasteiger partial charge in [0.15, 0.2) is 4.80 Å². The number of thiazole rings is 1. The monoisotopic (exact) mass is 821 g/mol. The molecule has 1 atom stereocenters. The summed E-state index contributed by atoms with van der Waals surface area (Å²) in [6.45, 7) is 5.97. The van der Waals surface area contributed by atoms with Gasteiger partial charge in [0.05, 0.1) is 40.5 Å². The summed E-state index contributed by atoms with van der Waals surface area (Å²) in [7, 11) is 0. The molecule has 12 heteroatoms. The number of carbonyl (C=O) groups is 1. The molecule has 0 radical (unpaired) electrons. The van der Waals surface area contributed by atoms with Crippen LogP contribution >= 0.6 is 56.5 Å². The second-order valence-corrected chi connectivity index (χ2v) is 13.1. The van der Waals surface area contributed by atoms with Crippen LogP contribution in [0.5, 0.6) is 5.75 Å². The van der Waals surface area contributed by atoms with Crippen molar-refractivity contribution in [1.82, 2.24) is 4.57 Å². The van der Waals surface area contributed by atoms with Crippen LogP contribution in [0.25, 0.3) is 6.08 Å². The van der Waals surface area contributed by atoms with Gasteiger partial charge in [-0.3, -0.25) is 19.5 Å². The highest BCUT2D eigenvalue weighted by Crippen LogP contribution is 2.32. The van der Waals surface area contributed by atoms with Crippen LogP contribution in [0.1, 0.15) is 42.1 Å². The third kappa shape index (κ3) is 6.60. The van der Waals surface area contributed by atoms with Crippen LogP contribution in [0, 0.1) is 24.2 Å². The zero-order valence-electron chi connectivity index (χ0n) is 23.3. The lowest BCUT2D eigenvalue weighted by Gasteiger charge is -2.24. The summed E-state index contributed by atoms with van der Waals surface area (Å²) in [4.78, 5) is 42.6. The van der Waals surface area contributed by atoms with Crippen LogP contribution in [-0.2, 0) is 16.1 Å². The molecule has 0 bridgehead atoms. The third-order valence-electron chi connectivity index (χ3n) is 6.76. The van der Waals surface area contributed by atoms with Crippen LogP contribution in [0.2, 0.25) is 0 Å². The average Bonchev–Trinajstić information content (AvgIpc) is 3.26. The van der Waals surface area contributed by atoms with Gasteiger partial charge in [-0.25, -0.2) is 9.79 Å². The molecule has 0 unspecified atom stereocenters. The van der Waals surface area contributed by atoms with E-state index in [0.717, 1.165) is 29.4 Å². The first kappa shape index (κ1) is 31.1. The lowest BCUT2D eigenvalue weighted by Crippen LogP contribution is -2.39. The number of non-ortho nitro benzene ring substituents is 1. The average molecular weight is 821 g/mol. The number of benzene rings is 3. The largest absolute Gasteiger partial charge is 0.487 e. The number of nitro groups is 1. The number of nitro benzene ring substituents is 1. The van der Waals surface area contributed by atoms with E-state index >= 15 is 0 Å². The van der Waals surface area contributed by atoms with Crippen molar-refractivity contribution in [3.8, 4) is 5.75 Å². The quantitative estimate of drug-likeness (QED) is 0.0962. The smallest absolute Gasteiger partial charge is 0.338 e. The molecule has 0 amide bonds. The van der Waals surface area contributed by atoms with Crippen LogP contribution in [0.3, 0.4) is 0 Å². The number of esters is 1. The lowest BCUT2D eigenvalue weighted by atomic mass is 9.95. The second kappa shape index (κ2) is 13.1. The Morgan fingerprint density at radius 3 is 2.35 bits per heavy atom. The summed E-state index contributed by atoms with van der Waals surface area (Å²) in [6.07, 6.45) is 1.82. The highest BCUT2D eigenvalue weighted by molar-refractivity contribution is 14.1. The number of nitrogens with zero attached hydrogens (tertiary/aromatic N) is 3. The van der Waals surface area contributed by atoms with E-state index in [4.69, 9.17) is 9.47 Å². The highest BCUT2D eigenvalue weighted by Gasteiger charge is 2.33. The molecule has 0 aliphatic carbocycles. The number of halogens is 2. The molecular formula is C31H25I2N3O6S. The second-order valence-electron chi connectivity index (χ2n) is 9.74. The normalized spacial score (nSPS) is 14.7. The molecule has 0 fully saturated rings. The number of ether oxygens (including phenoxy) is 2. The fourth-order valence-electron chi connectivity index (χ4n) is 4.68. The number of fused-ring (bicyclic) bond motifs is 1. The molecular weight excluding hydrogens is 796 g/mol. The lowest BCUT2D eigenvalue weighted by molar-refractivity contribution is -0.384. The minimum Gasteiger partial charge on any atom is -0.487 e. The summed E-state index contributed by atoms with van der Waals surface area (Å²) in [6, 6.07) is 17.2. The number of carbonyl (C=O) groups excluding carboxylic acids is 1. The van der Waals surface area contributed by atoms with Crippen molar-refractivity contribution in [2.75, 3.05) is 6.61 Å². The number of allylic oxidation sites excluding steroid dienone is 1. The van der Waals surface area contributed by atoms with Gasteiger partial charge in [0.1, 0.15) is 12.4 Å².